The summed E-state index contributed by atoms with van der Waals surface area (Å²) in [6, 6.07) is 0. The molecule has 1 fully saturated rings. The van der Waals surface area contributed by atoms with Crippen molar-refractivity contribution in [3.8, 4) is 0 Å². The Morgan fingerprint density at radius 3 is 2.89 bits per heavy atom. The molecular formula is C15H27N3S. The summed E-state index contributed by atoms with van der Waals surface area (Å²) in [6.45, 7) is 6.29. The van der Waals surface area contributed by atoms with Gasteiger partial charge in [0, 0.05) is 25.0 Å². The van der Waals surface area contributed by atoms with Crippen LogP contribution in [0.1, 0.15) is 49.7 Å². The van der Waals surface area contributed by atoms with Gasteiger partial charge in [-0.2, -0.15) is 0 Å². The van der Waals surface area contributed by atoms with Gasteiger partial charge in [-0.1, -0.05) is 26.2 Å². The minimum absolute atomic E-state index is 0.910. The zero-order valence-corrected chi connectivity index (χ0v) is 13.1. The van der Waals surface area contributed by atoms with Crippen molar-refractivity contribution in [1.29, 1.82) is 0 Å². The molecule has 0 bridgehead atoms. The Morgan fingerprint density at radius 1 is 1.37 bits per heavy atom. The molecule has 1 aromatic heterocycles. The first-order chi connectivity index (χ1) is 9.28. The summed E-state index contributed by atoms with van der Waals surface area (Å²) >= 11 is 1.78. The van der Waals surface area contributed by atoms with Crippen molar-refractivity contribution < 1.29 is 0 Å². The summed E-state index contributed by atoms with van der Waals surface area (Å²) in [6.07, 6.45) is 7.16. The molecule has 1 aliphatic rings. The van der Waals surface area contributed by atoms with E-state index in [4.69, 9.17) is 4.98 Å². The summed E-state index contributed by atoms with van der Waals surface area (Å²) in [5.74, 6) is 0.915. The third-order valence-corrected chi connectivity index (χ3v) is 4.75. The molecule has 1 aromatic rings. The molecule has 0 atom stereocenters. The van der Waals surface area contributed by atoms with Crippen LogP contribution in [0.4, 0.5) is 0 Å². The fraction of sp³-hybridized carbons (Fsp3) is 0.800. The average Bonchev–Trinajstić information content (AvgIpc) is 2.85. The topological polar surface area (TPSA) is 28.2 Å². The highest BCUT2D eigenvalue weighted by molar-refractivity contribution is 7.09. The lowest BCUT2D eigenvalue weighted by molar-refractivity contribution is 0.226. The van der Waals surface area contributed by atoms with Crippen LogP contribution in [-0.4, -0.2) is 30.0 Å². The molecule has 1 aliphatic carbocycles. The Bertz CT molecular complexity index is 358. The lowest BCUT2D eigenvalue weighted by Crippen LogP contribution is -2.26. The van der Waals surface area contributed by atoms with Crippen LogP contribution in [0, 0.1) is 5.92 Å². The summed E-state index contributed by atoms with van der Waals surface area (Å²) in [4.78, 5) is 7.14. The maximum atomic E-state index is 4.70. The van der Waals surface area contributed by atoms with Crippen molar-refractivity contribution >= 4 is 11.3 Å². The average molecular weight is 281 g/mol. The van der Waals surface area contributed by atoms with Crippen LogP contribution < -0.4 is 5.32 Å². The van der Waals surface area contributed by atoms with Crippen LogP contribution in [0.25, 0.3) is 0 Å². The Labute approximate surface area is 121 Å². The fourth-order valence-electron chi connectivity index (χ4n) is 2.89. The molecule has 3 nitrogen and oxygen atoms in total. The van der Waals surface area contributed by atoms with Crippen molar-refractivity contribution in [3.05, 3.63) is 16.1 Å². The Hall–Kier alpha value is -0.450. The van der Waals surface area contributed by atoms with Crippen LogP contribution in [0.3, 0.4) is 0 Å². The second kappa shape index (κ2) is 7.98. The first-order valence-corrected chi connectivity index (χ1v) is 8.48. The van der Waals surface area contributed by atoms with Gasteiger partial charge in [0.2, 0.25) is 0 Å². The predicted octanol–water partition coefficient (Wildman–Crippen LogP) is 3.26. The normalized spacial score (nSPS) is 17.2. The molecule has 0 radical (unpaired) electrons. The molecule has 0 amide bonds. The monoisotopic (exact) mass is 281 g/mol. The van der Waals surface area contributed by atoms with Crippen molar-refractivity contribution in [2.75, 3.05) is 20.1 Å². The van der Waals surface area contributed by atoms with Crippen LogP contribution >= 0.6 is 11.3 Å². The van der Waals surface area contributed by atoms with Crippen molar-refractivity contribution in [2.24, 2.45) is 5.92 Å². The Balaban J connectivity index is 1.74. The van der Waals surface area contributed by atoms with E-state index in [2.05, 4.69) is 29.6 Å². The highest BCUT2D eigenvalue weighted by Gasteiger charge is 2.15. The van der Waals surface area contributed by atoms with E-state index in [1.807, 2.05) is 0 Å². The number of thiazole rings is 1. The van der Waals surface area contributed by atoms with Gasteiger partial charge < -0.3 is 10.2 Å². The number of hydrogen-bond acceptors (Lipinski definition) is 4. The zero-order valence-electron chi connectivity index (χ0n) is 12.3. The highest BCUT2D eigenvalue weighted by atomic mass is 32.1. The molecule has 108 valence electrons. The van der Waals surface area contributed by atoms with E-state index in [-0.39, 0.29) is 0 Å². The van der Waals surface area contributed by atoms with Crippen LogP contribution in [0.5, 0.6) is 0 Å². The lowest BCUT2D eigenvalue weighted by Gasteiger charge is -2.26. The van der Waals surface area contributed by atoms with Gasteiger partial charge in [-0.25, -0.2) is 4.98 Å². The number of hydrogen-bond donors (Lipinski definition) is 1. The van der Waals surface area contributed by atoms with E-state index in [0.717, 1.165) is 25.6 Å². The largest absolute Gasteiger partial charge is 0.311 e. The molecule has 0 aromatic carbocycles. The smallest absolute Gasteiger partial charge is 0.107 e. The van der Waals surface area contributed by atoms with E-state index >= 15 is 0 Å². The first-order valence-electron chi connectivity index (χ1n) is 7.60. The fourth-order valence-corrected chi connectivity index (χ4v) is 3.64. The Morgan fingerprint density at radius 2 is 2.16 bits per heavy atom. The van der Waals surface area contributed by atoms with E-state index in [0.29, 0.717) is 0 Å². The van der Waals surface area contributed by atoms with Crippen LogP contribution in [-0.2, 0) is 13.1 Å². The second-order valence-corrected chi connectivity index (χ2v) is 6.66. The summed E-state index contributed by atoms with van der Waals surface area (Å²) < 4.78 is 0. The summed E-state index contributed by atoms with van der Waals surface area (Å²) in [5.41, 5.74) is 1.23. The van der Waals surface area contributed by atoms with Gasteiger partial charge in [-0.15, -0.1) is 11.3 Å². The highest BCUT2D eigenvalue weighted by Crippen LogP contribution is 2.24. The van der Waals surface area contributed by atoms with Gasteiger partial charge in [0.1, 0.15) is 5.01 Å². The van der Waals surface area contributed by atoms with Crippen LogP contribution in [0.2, 0.25) is 0 Å². The second-order valence-electron chi connectivity index (χ2n) is 5.71. The molecular weight excluding hydrogens is 254 g/mol. The number of rotatable bonds is 7. The number of nitrogens with zero attached hydrogens (tertiary/aromatic N) is 2. The maximum absolute atomic E-state index is 4.70. The quantitative estimate of drug-likeness (QED) is 0.831. The minimum atomic E-state index is 0.910. The number of aromatic nitrogens is 1. The van der Waals surface area contributed by atoms with Gasteiger partial charge in [0.05, 0.1) is 5.69 Å². The molecule has 2 rings (SSSR count). The van der Waals surface area contributed by atoms with Gasteiger partial charge in [0.15, 0.2) is 0 Å². The van der Waals surface area contributed by atoms with E-state index in [1.54, 1.807) is 11.3 Å². The van der Waals surface area contributed by atoms with E-state index < -0.39 is 0 Å². The lowest BCUT2D eigenvalue weighted by atomic mass is 9.89. The molecule has 0 saturated heterocycles. The Kier molecular flexibility index (Phi) is 6.28. The SMILES string of the molecule is CCNCc1nc(CN(C)CC2CCCCC2)cs1. The molecule has 1 N–H and O–H groups in total. The standard InChI is InChI=1S/C15H27N3S/c1-3-16-9-15-17-14(12-19-15)11-18(2)10-13-7-5-4-6-8-13/h12-13,16H,3-11H2,1-2H3. The molecule has 0 unspecified atom stereocenters. The van der Waals surface area contributed by atoms with Crippen molar-refractivity contribution in [3.63, 3.8) is 0 Å². The first kappa shape index (κ1) is 14.9. The van der Waals surface area contributed by atoms with Crippen molar-refractivity contribution in [1.82, 2.24) is 15.2 Å². The molecule has 0 aliphatic heterocycles. The molecule has 1 saturated carbocycles. The molecule has 19 heavy (non-hydrogen) atoms. The van der Waals surface area contributed by atoms with E-state index in [9.17, 15) is 0 Å². The third-order valence-electron chi connectivity index (χ3n) is 3.85. The van der Waals surface area contributed by atoms with Gasteiger partial charge in [-0.3, -0.25) is 0 Å². The number of nitrogens with one attached hydrogen (secondary N) is 1. The third kappa shape index (κ3) is 5.21. The minimum Gasteiger partial charge on any atom is -0.311 e. The zero-order chi connectivity index (χ0) is 13.5. The molecule has 0 spiro atoms. The summed E-state index contributed by atoms with van der Waals surface area (Å²) in [5, 5.41) is 6.75. The van der Waals surface area contributed by atoms with Gasteiger partial charge in [0.25, 0.3) is 0 Å². The van der Waals surface area contributed by atoms with Crippen LogP contribution in [0.15, 0.2) is 5.38 Å². The van der Waals surface area contributed by atoms with Crippen molar-refractivity contribution in [2.45, 2.75) is 52.1 Å². The predicted molar refractivity (Wildman–Crippen MR) is 82.4 cm³/mol. The molecule has 4 heteroatoms. The molecule has 1 heterocycles. The maximum Gasteiger partial charge on any atom is 0.107 e. The summed E-state index contributed by atoms with van der Waals surface area (Å²) in [7, 11) is 2.23. The van der Waals surface area contributed by atoms with E-state index in [1.165, 1.54) is 49.4 Å². The van der Waals surface area contributed by atoms with Gasteiger partial charge >= 0.3 is 0 Å². The van der Waals surface area contributed by atoms with Gasteiger partial charge in [-0.05, 0) is 32.4 Å².